The third-order valence-electron chi connectivity index (χ3n) is 4.46. The zero-order valence-corrected chi connectivity index (χ0v) is 14.1. The molecule has 1 fully saturated rings. The van der Waals surface area contributed by atoms with Crippen LogP contribution in [0.1, 0.15) is 29.9 Å². The number of carbonyl (C=O) groups excluding carboxylic acids is 1. The van der Waals surface area contributed by atoms with E-state index < -0.39 is 0 Å². The van der Waals surface area contributed by atoms with Crippen molar-refractivity contribution in [1.29, 1.82) is 0 Å². The maximum Gasteiger partial charge on any atom is 0.262 e. The van der Waals surface area contributed by atoms with E-state index in [-0.39, 0.29) is 23.9 Å². The van der Waals surface area contributed by atoms with Crippen molar-refractivity contribution in [1.82, 2.24) is 9.97 Å². The van der Waals surface area contributed by atoms with Gasteiger partial charge in [0.15, 0.2) is 0 Å². The largest absolute Gasteiger partial charge is 0.372 e. The van der Waals surface area contributed by atoms with Crippen LogP contribution in [0.5, 0.6) is 0 Å². The Labute approximate surface area is 145 Å². The van der Waals surface area contributed by atoms with Crippen molar-refractivity contribution in [3.63, 3.8) is 0 Å². The summed E-state index contributed by atoms with van der Waals surface area (Å²) in [6.07, 6.45) is 1.78. The normalized spacial score (nSPS) is 23.1. The predicted octanol–water partition coefficient (Wildman–Crippen LogP) is 2.39. The lowest BCUT2D eigenvalue weighted by molar-refractivity contribution is -0.00573. The van der Waals surface area contributed by atoms with Gasteiger partial charge in [-0.15, -0.1) is 0 Å². The Morgan fingerprint density at radius 2 is 2.00 bits per heavy atom. The average Bonchev–Trinajstić information content (AvgIpc) is 2.90. The third-order valence-corrected chi connectivity index (χ3v) is 4.46. The van der Waals surface area contributed by atoms with Gasteiger partial charge in [-0.3, -0.25) is 4.79 Å². The molecule has 7 heteroatoms. The summed E-state index contributed by atoms with van der Waals surface area (Å²) in [6.45, 7) is 5.79. The van der Waals surface area contributed by atoms with Gasteiger partial charge in [0.05, 0.1) is 30.0 Å². The van der Waals surface area contributed by atoms with Crippen LogP contribution < -0.4 is 9.80 Å². The van der Waals surface area contributed by atoms with E-state index >= 15 is 0 Å². The van der Waals surface area contributed by atoms with Crippen molar-refractivity contribution < 1.29 is 13.9 Å². The lowest BCUT2D eigenvalue weighted by atomic mass is 10.2. The van der Waals surface area contributed by atoms with Gasteiger partial charge in [0, 0.05) is 25.0 Å². The molecule has 0 radical (unpaired) electrons. The van der Waals surface area contributed by atoms with Crippen LogP contribution >= 0.6 is 0 Å². The van der Waals surface area contributed by atoms with Crippen molar-refractivity contribution in [2.75, 3.05) is 22.9 Å². The monoisotopic (exact) mass is 342 g/mol. The van der Waals surface area contributed by atoms with Gasteiger partial charge in [-0.25, -0.2) is 14.4 Å². The van der Waals surface area contributed by atoms with Crippen molar-refractivity contribution in [3.8, 4) is 0 Å². The summed E-state index contributed by atoms with van der Waals surface area (Å²) in [4.78, 5) is 25.2. The average molecular weight is 342 g/mol. The molecule has 0 saturated carbocycles. The molecule has 0 spiro atoms. The van der Waals surface area contributed by atoms with Gasteiger partial charge < -0.3 is 14.5 Å². The number of halogens is 1. The highest BCUT2D eigenvalue weighted by Gasteiger charge is 2.32. The first kappa shape index (κ1) is 16.0. The van der Waals surface area contributed by atoms with E-state index in [9.17, 15) is 9.18 Å². The maximum atomic E-state index is 13.5. The fourth-order valence-electron chi connectivity index (χ4n) is 3.42. The van der Waals surface area contributed by atoms with Crippen LogP contribution in [0, 0.1) is 5.82 Å². The molecule has 3 heterocycles. The van der Waals surface area contributed by atoms with Crippen LogP contribution in [0.15, 0.2) is 30.5 Å². The number of benzene rings is 1. The lowest BCUT2D eigenvalue weighted by Crippen LogP contribution is -2.46. The molecule has 2 aromatic rings. The molecule has 2 unspecified atom stereocenters. The van der Waals surface area contributed by atoms with E-state index in [1.807, 2.05) is 13.8 Å². The number of ether oxygens (including phenoxy) is 1. The Morgan fingerprint density at radius 1 is 1.24 bits per heavy atom. The number of hydrogen-bond donors (Lipinski definition) is 0. The first-order valence-electron chi connectivity index (χ1n) is 8.35. The van der Waals surface area contributed by atoms with Gasteiger partial charge in [-0.05, 0) is 32.0 Å². The summed E-state index contributed by atoms with van der Waals surface area (Å²) < 4.78 is 19.2. The highest BCUT2D eigenvalue weighted by Crippen LogP contribution is 2.28. The van der Waals surface area contributed by atoms with E-state index in [0.717, 1.165) is 0 Å². The SMILES string of the molecule is CC1CN(c2ncc3c(n2)CN(c2cccc(F)c2)C3=O)CC(C)O1. The minimum Gasteiger partial charge on any atom is -0.372 e. The van der Waals surface area contributed by atoms with Gasteiger partial charge in [0.25, 0.3) is 5.91 Å². The first-order chi connectivity index (χ1) is 12.0. The zero-order valence-electron chi connectivity index (χ0n) is 14.1. The number of rotatable bonds is 2. The smallest absolute Gasteiger partial charge is 0.262 e. The van der Waals surface area contributed by atoms with Crippen molar-refractivity contribution >= 4 is 17.5 Å². The molecule has 0 bridgehead atoms. The van der Waals surface area contributed by atoms with E-state index in [0.29, 0.717) is 42.5 Å². The number of nitrogens with zero attached hydrogens (tertiary/aromatic N) is 4. The number of anilines is 2. The molecule has 0 N–H and O–H groups in total. The van der Waals surface area contributed by atoms with Crippen LogP contribution in [0.4, 0.5) is 16.0 Å². The molecular weight excluding hydrogens is 323 g/mol. The molecular formula is C18H19FN4O2. The fraction of sp³-hybridized carbons (Fsp3) is 0.389. The second-order valence-electron chi connectivity index (χ2n) is 6.56. The molecule has 0 aliphatic carbocycles. The third kappa shape index (κ3) is 2.95. The molecule has 130 valence electrons. The highest BCUT2D eigenvalue weighted by atomic mass is 19.1. The summed E-state index contributed by atoms with van der Waals surface area (Å²) in [5, 5.41) is 0. The number of morpholine rings is 1. The van der Waals surface area contributed by atoms with E-state index in [2.05, 4.69) is 14.9 Å². The molecule has 2 aliphatic rings. The second-order valence-corrected chi connectivity index (χ2v) is 6.56. The topological polar surface area (TPSA) is 58.6 Å². The fourth-order valence-corrected chi connectivity index (χ4v) is 3.42. The summed E-state index contributed by atoms with van der Waals surface area (Å²) in [5.41, 5.74) is 1.67. The van der Waals surface area contributed by atoms with E-state index in [4.69, 9.17) is 4.74 Å². The quantitative estimate of drug-likeness (QED) is 0.839. The van der Waals surface area contributed by atoms with E-state index in [1.165, 1.54) is 17.0 Å². The van der Waals surface area contributed by atoms with Gasteiger partial charge in [-0.1, -0.05) is 6.07 Å². The molecule has 1 amide bonds. The van der Waals surface area contributed by atoms with Crippen LogP contribution in [0.2, 0.25) is 0 Å². The van der Waals surface area contributed by atoms with Crippen LogP contribution in [-0.4, -0.2) is 41.2 Å². The van der Waals surface area contributed by atoms with Crippen molar-refractivity contribution in [2.24, 2.45) is 0 Å². The first-order valence-corrected chi connectivity index (χ1v) is 8.35. The molecule has 2 atom stereocenters. The Bertz CT molecular complexity index is 818. The van der Waals surface area contributed by atoms with Crippen molar-refractivity contribution in [3.05, 3.63) is 47.5 Å². The van der Waals surface area contributed by atoms with Crippen molar-refractivity contribution in [2.45, 2.75) is 32.6 Å². The predicted molar refractivity (Wildman–Crippen MR) is 91.2 cm³/mol. The second kappa shape index (κ2) is 6.07. The van der Waals surface area contributed by atoms with Gasteiger partial charge in [0.2, 0.25) is 5.95 Å². The standard InChI is InChI=1S/C18H19FN4O2/c1-11-8-22(9-12(2)25-11)18-20-7-15-16(21-18)10-23(17(15)24)14-5-3-4-13(19)6-14/h3-7,11-12H,8-10H2,1-2H3. The Kier molecular flexibility index (Phi) is 3.88. The molecule has 2 aliphatic heterocycles. The molecule has 1 aromatic heterocycles. The Morgan fingerprint density at radius 3 is 2.72 bits per heavy atom. The molecule has 1 saturated heterocycles. The van der Waals surface area contributed by atoms with Crippen LogP contribution in [-0.2, 0) is 11.3 Å². The lowest BCUT2D eigenvalue weighted by Gasteiger charge is -2.35. The molecule has 1 aromatic carbocycles. The minimum absolute atomic E-state index is 0.103. The van der Waals surface area contributed by atoms with Gasteiger partial charge in [0.1, 0.15) is 5.82 Å². The summed E-state index contributed by atoms with van der Waals surface area (Å²) in [7, 11) is 0. The highest BCUT2D eigenvalue weighted by molar-refractivity contribution is 6.09. The summed E-state index contributed by atoms with van der Waals surface area (Å²) in [6, 6.07) is 6.01. The van der Waals surface area contributed by atoms with Crippen LogP contribution in [0.25, 0.3) is 0 Å². The van der Waals surface area contributed by atoms with Gasteiger partial charge >= 0.3 is 0 Å². The zero-order chi connectivity index (χ0) is 17.6. The number of fused-ring (bicyclic) bond motifs is 1. The number of aromatic nitrogens is 2. The number of amides is 1. The van der Waals surface area contributed by atoms with Crippen LogP contribution in [0.3, 0.4) is 0 Å². The molecule has 4 rings (SSSR count). The van der Waals surface area contributed by atoms with E-state index in [1.54, 1.807) is 18.3 Å². The number of hydrogen-bond acceptors (Lipinski definition) is 5. The maximum absolute atomic E-state index is 13.5. The number of carbonyl (C=O) groups is 1. The Hall–Kier alpha value is -2.54. The van der Waals surface area contributed by atoms with Gasteiger partial charge in [-0.2, -0.15) is 0 Å². The molecule has 25 heavy (non-hydrogen) atoms. The Balaban J connectivity index is 1.61. The summed E-state index contributed by atoms with van der Waals surface area (Å²) in [5.74, 6) is 0.0369. The molecule has 6 nitrogen and oxygen atoms in total. The summed E-state index contributed by atoms with van der Waals surface area (Å²) >= 11 is 0. The minimum atomic E-state index is -0.371.